The van der Waals surface area contributed by atoms with Gasteiger partial charge in [-0.25, -0.2) is 5.43 Å². The van der Waals surface area contributed by atoms with Crippen molar-refractivity contribution in [1.82, 2.24) is 10.7 Å². The molecule has 0 fully saturated rings. The molecule has 0 aliphatic carbocycles. The second-order valence-electron chi connectivity index (χ2n) is 7.80. The van der Waals surface area contributed by atoms with Crippen molar-refractivity contribution in [3.05, 3.63) is 84.0 Å². The van der Waals surface area contributed by atoms with Crippen molar-refractivity contribution in [2.45, 2.75) is 19.9 Å². The van der Waals surface area contributed by atoms with Gasteiger partial charge in [-0.15, -0.1) is 0 Å². The molecule has 0 radical (unpaired) electrons. The quantitative estimate of drug-likeness (QED) is 0.184. The van der Waals surface area contributed by atoms with Gasteiger partial charge in [-0.3, -0.25) is 19.7 Å². The van der Waals surface area contributed by atoms with Crippen LogP contribution in [0.25, 0.3) is 11.3 Å². The number of furan rings is 1. The summed E-state index contributed by atoms with van der Waals surface area (Å²) in [4.78, 5) is 35.6. The summed E-state index contributed by atoms with van der Waals surface area (Å²) in [5.41, 5.74) is 2.56. The van der Waals surface area contributed by atoms with E-state index in [1.54, 1.807) is 26.0 Å². The average Bonchev–Trinajstić information content (AvgIpc) is 3.26. The van der Waals surface area contributed by atoms with E-state index in [4.69, 9.17) is 50.8 Å². The van der Waals surface area contributed by atoms with Gasteiger partial charge in [-0.2, -0.15) is 5.10 Å². The highest BCUT2D eigenvalue weighted by Crippen LogP contribution is 2.37. The lowest BCUT2D eigenvalue weighted by Gasteiger charge is -2.20. The van der Waals surface area contributed by atoms with E-state index in [9.17, 15) is 19.7 Å². The third-order valence-corrected chi connectivity index (χ3v) is 6.07. The minimum absolute atomic E-state index is 0.0774. The summed E-state index contributed by atoms with van der Waals surface area (Å²) in [7, 11) is 0. The summed E-state index contributed by atoms with van der Waals surface area (Å²) in [6.45, 7) is 3.52. The number of hydrogen-bond acceptors (Lipinski definition) is 6. The highest BCUT2D eigenvalue weighted by Gasteiger charge is 2.25. The molecule has 3 aromatic rings. The van der Waals surface area contributed by atoms with Crippen LogP contribution in [0.15, 0.2) is 52.0 Å². The van der Waals surface area contributed by atoms with Crippen LogP contribution >= 0.6 is 46.4 Å². The number of rotatable bonds is 8. The first-order valence-corrected chi connectivity index (χ1v) is 11.8. The van der Waals surface area contributed by atoms with E-state index in [-0.39, 0.29) is 43.8 Å². The van der Waals surface area contributed by atoms with Crippen LogP contribution in [0.1, 0.15) is 30.0 Å². The number of benzene rings is 2. The zero-order valence-corrected chi connectivity index (χ0v) is 21.7. The van der Waals surface area contributed by atoms with Crippen LogP contribution in [0.3, 0.4) is 0 Å². The molecule has 2 amide bonds. The lowest BCUT2D eigenvalue weighted by molar-refractivity contribution is -0.384. The summed E-state index contributed by atoms with van der Waals surface area (Å²) in [5, 5.41) is 18.0. The topological polar surface area (TPSA) is 127 Å². The number of nitro groups is 1. The molecule has 13 heteroatoms. The normalized spacial score (nSPS) is 12.1. The largest absolute Gasteiger partial charge is 0.455 e. The molecule has 9 nitrogen and oxygen atoms in total. The summed E-state index contributed by atoms with van der Waals surface area (Å²) in [6, 6.07) is 9.09. The Bertz CT molecular complexity index is 1360. The van der Waals surface area contributed by atoms with Gasteiger partial charge in [0.1, 0.15) is 22.6 Å². The summed E-state index contributed by atoms with van der Waals surface area (Å²) >= 11 is 24.0. The monoisotopic (exact) mass is 570 g/mol. The number of carbonyl (C=O) groups is 2. The predicted molar refractivity (Wildman–Crippen MR) is 139 cm³/mol. The number of halogens is 4. The maximum absolute atomic E-state index is 12.7. The Labute approximate surface area is 225 Å². The Balaban J connectivity index is 1.68. The fraction of sp³-hybridized carbons (Fsp3) is 0.174. The van der Waals surface area contributed by atoms with Gasteiger partial charge in [0.15, 0.2) is 0 Å². The van der Waals surface area contributed by atoms with Crippen molar-refractivity contribution in [3.63, 3.8) is 0 Å². The van der Waals surface area contributed by atoms with Crippen molar-refractivity contribution < 1.29 is 18.9 Å². The Morgan fingerprint density at radius 1 is 1.03 bits per heavy atom. The van der Waals surface area contributed by atoms with Crippen LogP contribution < -0.4 is 10.7 Å². The first kappa shape index (κ1) is 27.5. The van der Waals surface area contributed by atoms with Gasteiger partial charge in [-0.1, -0.05) is 60.3 Å². The Morgan fingerprint density at radius 3 is 2.39 bits per heavy atom. The van der Waals surface area contributed by atoms with Crippen molar-refractivity contribution in [2.75, 3.05) is 0 Å². The third-order valence-electron chi connectivity index (χ3n) is 4.90. The van der Waals surface area contributed by atoms with Gasteiger partial charge in [0, 0.05) is 16.7 Å². The third kappa shape index (κ3) is 6.55. The number of hydrazone groups is 1. The van der Waals surface area contributed by atoms with E-state index in [0.29, 0.717) is 10.6 Å². The molecule has 188 valence electrons. The summed E-state index contributed by atoms with van der Waals surface area (Å²) < 4.78 is 5.63. The molecular formula is C23H18Cl4N4O5. The Morgan fingerprint density at radius 2 is 1.75 bits per heavy atom. The molecule has 0 bridgehead atoms. The lowest BCUT2D eigenvalue weighted by atomic mass is 10.0. The highest BCUT2D eigenvalue weighted by atomic mass is 35.5. The van der Waals surface area contributed by atoms with Crippen LogP contribution in [-0.2, 0) is 4.79 Å². The van der Waals surface area contributed by atoms with E-state index >= 15 is 0 Å². The van der Waals surface area contributed by atoms with E-state index in [0.717, 1.165) is 6.07 Å². The molecule has 1 aromatic heterocycles. The number of nitrogens with one attached hydrogen (secondary N) is 2. The SMILES string of the molecule is CC(C)C(NC(=O)c1ccc(Cl)cc1Cl)C(=O)N/N=C\c1ccc(-c2cc(Cl)c([N+](=O)[O-])cc2Cl)o1. The van der Waals surface area contributed by atoms with Gasteiger partial charge >= 0.3 is 0 Å². The van der Waals surface area contributed by atoms with Crippen LogP contribution in [0.5, 0.6) is 0 Å². The van der Waals surface area contributed by atoms with Gasteiger partial charge in [0.05, 0.1) is 26.7 Å². The molecule has 2 N–H and O–H groups in total. The molecule has 36 heavy (non-hydrogen) atoms. The average molecular weight is 572 g/mol. The van der Waals surface area contributed by atoms with Crippen LogP contribution in [0, 0.1) is 16.0 Å². The standard InChI is InChI=1S/C23H18Cl4N4O5/c1-11(2)21(29-22(32)14-5-3-12(24)7-16(14)25)23(33)30-28-10-13-4-6-20(36-13)15-8-18(27)19(31(34)35)9-17(15)26/h3-11,21H,1-2H3,(H,29,32)(H,30,33)/b28-10-. The number of carbonyl (C=O) groups excluding carboxylic acids is 2. The van der Waals surface area contributed by atoms with E-state index in [1.807, 2.05) is 0 Å². The van der Waals surface area contributed by atoms with Gasteiger partial charge in [0.25, 0.3) is 17.5 Å². The van der Waals surface area contributed by atoms with Crippen LogP contribution in [0.2, 0.25) is 20.1 Å². The fourth-order valence-corrected chi connectivity index (χ4v) is 4.07. The predicted octanol–water partition coefficient (Wildman–Crippen LogP) is 6.37. The number of nitrogens with zero attached hydrogens (tertiary/aromatic N) is 2. The zero-order valence-electron chi connectivity index (χ0n) is 18.7. The fourth-order valence-electron chi connectivity index (χ4n) is 3.09. The van der Waals surface area contributed by atoms with Crippen LogP contribution in [0.4, 0.5) is 5.69 Å². The van der Waals surface area contributed by atoms with Crippen molar-refractivity contribution in [3.8, 4) is 11.3 Å². The van der Waals surface area contributed by atoms with Crippen molar-refractivity contribution >= 4 is 70.1 Å². The van der Waals surface area contributed by atoms with Gasteiger partial charge in [0.2, 0.25) is 0 Å². The first-order chi connectivity index (χ1) is 17.0. The second kappa shape index (κ2) is 11.7. The van der Waals surface area contributed by atoms with Crippen LogP contribution in [-0.4, -0.2) is 29.0 Å². The number of nitro benzene ring substituents is 1. The molecule has 3 rings (SSSR count). The molecule has 0 aliphatic rings. The van der Waals surface area contributed by atoms with Gasteiger partial charge in [-0.05, 0) is 42.3 Å². The van der Waals surface area contributed by atoms with E-state index in [2.05, 4.69) is 15.8 Å². The number of hydrogen-bond donors (Lipinski definition) is 2. The maximum Gasteiger partial charge on any atom is 0.289 e. The van der Waals surface area contributed by atoms with Crippen molar-refractivity contribution in [2.24, 2.45) is 11.0 Å². The molecular weight excluding hydrogens is 554 g/mol. The molecule has 0 aliphatic heterocycles. The smallest absolute Gasteiger partial charge is 0.289 e. The zero-order chi connectivity index (χ0) is 26.6. The molecule has 0 spiro atoms. The Hall–Kier alpha value is -3.11. The summed E-state index contributed by atoms with van der Waals surface area (Å²) in [6.07, 6.45) is 1.25. The summed E-state index contributed by atoms with van der Waals surface area (Å²) in [5.74, 6) is -0.814. The molecule has 0 saturated carbocycles. The van der Waals surface area contributed by atoms with E-state index < -0.39 is 22.8 Å². The first-order valence-electron chi connectivity index (χ1n) is 10.3. The molecule has 1 heterocycles. The maximum atomic E-state index is 12.7. The number of amides is 2. The van der Waals surface area contributed by atoms with Crippen molar-refractivity contribution in [1.29, 1.82) is 0 Å². The minimum Gasteiger partial charge on any atom is -0.455 e. The lowest BCUT2D eigenvalue weighted by Crippen LogP contribution is -2.48. The molecule has 0 saturated heterocycles. The molecule has 2 aromatic carbocycles. The highest BCUT2D eigenvalue weighted by molar-refractivity contribution is 6.37. The second-order valence-corrected chi connectivity index (χ2v) is 9.45. The molecule has 1 atom stereocenters. The minimum atomic E-state index is -0.908. The van der Waals surface area contributed by atoms with E-state index in [1.165, 1.54) is 30.5 Å². The van der Waals surface area contributed by atoms with Gasteiger partial charge < -0.3 is 9.73 Å². The Kier molecular flexibility index (Phi) is 8.97. The molecule has 1 unspecified atom stereocenters.